The lowest BCUT2D eigenvalue weighted by molar-refractivity contribution is -0.134. The summed E-state index contributed by atoms with van der Waals surface area (Å²) < 4.78 is 23.5. The minimum atomic E-state index is -3.02. The van der Waals surface area contributed by atoms with Gasteiger partial charge in [-0.1, -0.05) is 19.1 Å². The molecule has 27 heavy (non-hydrogen) atoms. The fourth-order valence-electron chi connectivity index (χ4n) is 3.37. The molecule has 150 valence electrons. The zero-order valence-electron chi connectivity index (χ0n) is 16.3. The minimum Gasteiger partial charge on any atom is -0.355 e. The van der Waals surface area contributed by atoms with Crippen molar-refractivity contribution in [1.29, 1.82) is 0 Å². The highest BCUT2D eigenvalue weighted by Gasteiger charge is 2.34. The molecule has 1 heterocycles. The number of carbonyl (C=O) groups is 2. The van der Waals surface area contributed by atoms with Crippen molar-refractivity contribution in [3.05, 3.63) is 35.4 Å². The number of carbonyl (C=O) groups excluding carboxylic acids is 2. The van der Waals surface area contributed by atoms with E-state index in [0.29, 0.717) is 25.1 Å². The van der Waals surface area contributed by atoms with Crippen LogP contribution in [0.15, 0.2) is 24.3 Å². The van der Waals surface area contributed by atoms with Crippen molar-refractivity contribution in [3.63, 3.8) is 0 Å². The van der Waals surface area contributed by atoms with Crippen LogP contribution >= 0.6 is 0 Å². The molecule has 0 radical (unpaired) electrons. The number of nitrogens with zero attached hydrogens (tertiary/aromatic N) is 2. The summed E-state index contributed by atoms with van der Waals surface area (Å²) >= 11 is 0. The normalized spacial score (nSPS) is 18.4. The van der Waals surface area contributed by atoms with E-state index in [2.05, 4.69) is 5.32 Å². The number of sulfone groups is 1. The highest BCUT2D eigenvalue weighted by molar-refractivity contribution is 7.91. The van der Waals surface area contributed by atoms with E-state index in [1.54, 1.807) is 24.1 Å². The molecule has 1 aliphatic heterocycles. The lowest BCUT2D eigenvalue weighted by Gasteiger charge is -2.30. The van der Waals surface area contributed by atoms with Crippen LogP contribution in [0.5, 0.6) is 0 Å². The van der Waals surface area contributed by atoms with Crippen LogP contribution in [0.3, 0.4) is 0 Å². The van der Waals surface area contributed by atoms with Gasteiger partial charge in [-0.3, -0.25) is 14.5 Å². The zero-order chi connectivity index (χ0) is 20.0. The fraction of sp³-hybridized carbons (Fsp3) is 0.579. The zero-order valence-corrected chi connectivity index (χ0v) is 17.1. The average molecular weight is 396 g/mol. The summed E-state index contributed by atoms with van der Waals surface area (Å²) in [6.45, 7) is 3.37. The second kappa shape index (κ2) is 9.32. The van der Waals surface area contributed by atoms with Crippen molar-refractivity contribution in [3.8, 4) is 0 Å². The number of nitrogens with one attached hydrogen (secondary N) is 1. The molecule has 7 nitrogen and oxygen atoms in total. The smallest absolute Gasteiger partial charge is 0.251 e. The lowest BCUT2D eigenvalue weighted by atomic mass is 10.1. The van der Waals surface area contributed by atoms with Gasteiger partial charge in [0.15, 0.2) is 9.84 Å². The number of rotatable bonds is 8. The maximum Gasteiger partial charge on any atom is 0.251 e. The van der Waals surface area contributed by atoms with Crippen LogP contribution in [-0.2, 0) is 21.2 Å². The van der Waals surface area contributed by atoms with Gasteiger partial charge in [0, 0.05) is 31.7 Å². The summed E-state index contributed by atoms with van der Waals surface area (Å²) in [5, 5.41) is 2.58. The van der Waals surface area contributed by atoms with E-state index < -0.39 is 9.84 Å². The molecule has 1 aromatic carbocycles. The van der Waals surface area contributed by atoms with Gasteiger partial charge in [-0.2, -0.15) is 0 Å². The lowest BCUT2D eigenvalue weighted by Crippen LogP contribution is -2.45. The Hall–Kier alpha value is -1.93. The van der Waals surface area contributed by atoms with Crippen LogP contribution in [-0.4, -0.2) is 74.8 Å². The molecule has 1 aromatic rings. The Morgan fingerprint density at radius 2 is 1.89 bits per heavy atom. The molecule has 1 N–H and O–H groups in total. The number of amides is 2. The number of likely N-dealkylation sites (N-methyl/N-ethyl adjacent to an activating group) is 1. The predicted octanol–water partition coefficient (Wildman–Crippen LogP) is 0.904. The third-order valence-corrected chi connectivity index (χ3v) is 6.49. The van der Waals surface area contributed by atoms with Crippen molar-refractivity contribution in [2.75, 3.05) is 38.7 Å². The van der Waals surface area contributed by atoms with E-state index in [9.17, 15) is 18.0 Å². The number of hydrogen-bond acceptors (Lipinski definition) is 5. The Kier molecular flexibility index (Phi) is 7.38. The molecule has 0 aromatic heterocycles. The fourth-order valence-corrected chi connectivity index (χ4v) is 5.10. The molecule has 0 aliphatic carbocycles. The maximum absolute atomic E-state index is 12.8. The third kappa shape index (κ3) is 6.04. The number of benzene rings is 1. The Morgan fingerprint density at radius 1 is 1.22 bits per heavy atom. The van der Waals surface area contributed by atoms with E-state index >= 15 is 0 Å². The molecular weight excluding hydrogens is 366 g/mol. The minimum absolute atomic E-state index is 0.0385. The first-order valence-electron chi connectivity index (χ1n) is 9.25. The second-order valence-corrected chi connectivity index (χ2v) is 9.32. The van der Waals surface area contributed by atoms with Gasteiger partial charge >= 0.3 is 0 Å². The van der Waals surface area contributed by atoms with Gasteiger partial charge < -0.3 is 10.2 Å². The van der Waals surface area contributed by atoms with Gasteiger partial charge in [0.1, 0.15) is 0 Å². The molecule has 1 aliphatic rings. The molecule has 0 saturated carbocycles. The summed E-state index contributed by atoms with van der Waals surface area (Å²) in [6.07, 6.45) is 1.33. The van der Waals surface area contributed by atoms with Crippen molar-refractivity contribution in [2.45, 2.75) is 32.4 Å². The quantitative estimate of drug-likeness (QED) is 0.707. The first kappa shape index (κ1) is 21.4. The summed E-state index contributed by atoms with van der Waals surface area (Å²) in [5.74, 6) is 0.0671. The highest BCUT2D eigenvalue weighted by atomic mass is 32.2. The Bertz CT molecular complexity index is 762. The Morgan fingerprint density at radius 3 is 2.41 bits per heavy atom. The molecular formula is C19H29N3O4S. The average Bonchev–Trinajstić information content (AvgIpc) is 2.98. The van der Waals surface area contributed by atoms with Crippen LogP contribution in [0.1, 0.15) is 35.7 Å². The largest absolute Gasteiger partial charge is 0.355 e. The van der Waals surface area contributed by atoms with Gasteiger partial charge in [0.05, 0.1) is 18.1 Å². The molecule has 8 heteroatoms. The summed E-state index contributed by atoms with van der Waals surface area (Å²) in [6, 6.07) is 7.06. The molecule has 0 spiro atoms. The second-order valence-electron chi connectivity index (χ2n) is 7.09. The highest BCUT2D eigenvalue weighted by Crippen LogP contribution is 2.18. The maximum atomic E-state index is 12.8. The standard InChI is InChI=1S/C19H29N3O4S/c1-4-10-22(17-9-11-27(25,26)14-17)18(23)13-21(3)12-15-5-7-16(8-6-15)19(24)20-2/h5-8,17H,4,9-14H2,1-3H3,(H,20,24)/t17-/m1/s1. The van der Waals surface area contributed by atoms with Gasteiger partial charge in [-0.25, -0.2) is 8.42 Å². The Balaban J connectivity index is 1.95. The SMILES string of the molecule is CCCN(C(=O)CN(C)Cc1ccc(C(=O)NC)cc1)[C@@H]1CCS(=O)(=O)C1. The molecule has 1 saturated heterocycles. The van der Waals surface area contributed by atoms with Gasteiger partial charge in [-0.05, 0) is 37.6 Å². The summed E-state index contributed by atoms with van der Waals surface area (Å²) in [5.41, 5.74) is 1.60. The van der Waals surface area contributed by atoms with Crippen molar-refractivity contribution in [2.24, 2.45) is 0 Å². The molecule has 2 amide bonds. The monoisotopic (exact) mass is 395 g/mol. The van der Waals surface area contributed by atoms with E-state index in [4.69, 9.17) is 0 Å². The first-order valence-corrected chi connectivity index (χ1v) is 11.1. The van der Waals surface area contributed by atoms with Crippen molar-refractivity contribution < 1.29 is 18.0 Å². The topological polar surface area (TPSA) is 86.8 Å². The molecule has 2 rings (SSSR count). The van der Waals surface area contributed by atoms with Gasteiger partial charge in [0.2, 0.25) is 5.91 Å². The van der Waals surface area contributed by atoms with E-state index in [1.807, 2.05) is 31.0 Å². The van der Waals surface area contributed by atoms with E-state index in [-0.39, 0.29) is 35.9 Å². The third-order valence-electron chi connectivity index (χ3n) is 4.73. The van der Waals surface area contributed by atoms with Crippen molar-refractivity contribution >= 4 is 21.7 Å². The predicted molar refractivity (Wildman–Crippen MR) is 105 cm³/mol. The van der Waals surface area contributed by atoms with Crippen molar-refractivity contribution in [1.82, 2.24) is 15.1 Å². The summed E-state index contributed by atoms with van der Waals surface area (Å²) in [4.78, 5) is 28.0. The summed E-state index contributed by atoms with van der Waals surface area (Å²) in [7, 11) is 0.429. The van der Waals surface area contributed by atoms with E-state index in [1.165, 1.54) is 0 Å². The van der Waals surface area contributed by atoms with Crippen LogP contribution in [0.25, 0.3) is 0 Å². The molecule has 0 unspecified atom stereocenters. The van der Waals surface area contributed by atoms with Crippen LogP contribution < -0.4 is 5.32 Å². The van der Waals surface area contributed by atoms with Crippen LogP contribution in [0.4, 0.5) is 0 Å². The van der Waals surface area contributed by atoms with Crippen LogP contribution in [0.2, 0.25) is 0 Å². The number of hydrogen-bond donors (Lipinski definition) is 1. The molecule has 1 atom stereocenters. The molecule has 1 fully saturated rings. The molecule has 0 bridgehead atoms. The first-order chi connectivity index (χ1) is 12.8. The van der Waals surface area contributed by atoms with Gasteiger partial charge in [-0.15, -0.1) is 0 Å². The van der Waals surface area contributed by atoms with E-state index in [0.717, 1.165) is 12.0 Å². The Labute approximate surface area is 161 Å². The van der Waals surface area contributed by atoms with Crippen LogP contribution in [0, 0.1) is 0 Å². The van der Waals surface area contributed by atoms with Gasteiger partial charge in [0.25, 0.3) is 5.91 Å².